The van der Waals surface area contributed by atoms with Crippen molar-refractivity contribution in [2.75, 3.05) is 23.9 Å². The second-order valence-electron chi connectivity index (χ2n) is 2.61. The van der Waals surface area contributed by atoms with Crippen molar-refractivity contribution in [3.8, 4) is 0 Å². The number of nitrogens with one attached hydrogen (secondary N) is 1. The van der Waals surface area contributed by atoms with Gasteiger partial charge in [0.05, 0.1) is 5.51 Å². The van der Waals surface area contributed by atoms with Crippen molar-refractivity contribution in [1.82, 2.24) is 4.98 Å². The number of hydrogen-bond donors (Lipinski definition) is 2. The quantitative estimate of drug-likeness (QED) is 0.735. The number of thioether (sulfide) groups is 1. The fourth-order valence-corrected chi connectivity index (χ4v) is 2.08. The van der Waals surface area contributed by atoms with E-state index in [1.165, 1.54) is 11.3 Å². The van der Waals surface area contributed by atoms with Crippen LogP contribution in [0.4, 0.5) is 5.00 Å². The molecule has 14 heavy (non-hydrogen) atoms. The van der Waals surface area contributed by atoms with Crippen molar-refractivity contribution in [1.29, 1.82) is 0 Å². The van der Waals surface area contributed by atoms with Crippen molar-refractivity contribution >= 4 is 34.1 Å². The maximum absolute atomic E-state index is 10.7. The normalized spacial score (nSPS) is 10.1. The van der Waals surface area contributed by atoms with Gasteiger partial charge in [0.2, 0.25) is 0 Å². The van der Waals surface area contributed by atoms with E-state index < -0.39 is 5.97 Å². The van der Waals surface area contributed by atoms with Gasteiger partial charge in [-0.15, -0.1) is 11.3 Å². The first-order valence-corrected chi connectivity index (χ1v) is 6.42. The molecule has 78 valence electrons. The van der Waals surface area contributed by atoms with E-state index in [-0.39, 0.29) is 5.69 Å². The highest BCUT2D eigenvalue weighted by Gasteiger charge is 2.12. The molecule has 0 aliphatic carbocycles. The molecule has 0 aromatic carbocycles. The highest BCUT2D eigenvalue weighted by molar-refractivity contribution is 7.98. The van der Waals surface area contributed by atoms with Crippen LogP contribution in [0.3, 0.4) is 0 Å². The highest BCUT2D eigenvalue weighted by Crippen LogP contribution is 2.19. The minimum Gasteiger partial charge on any atom is -0.476 e. The Morgan fingerprint density at radius 1 is 1.79 bits per heavy atom. The van der Waals surface area contributed by atoms with Gasteiger partial charge in [-0.25, -0.2) is 9.78 Å². The highest BCUT2D eigenvalue weighted by atomic mass is 32.2. The van der Waals surface area contributed by atoms with E-state index in [0.29, 0.717) is 5.00 Å². The minimum atomic E-state index is -0.974. The standard InChI is InChI=1S/C8H12N2O2S2/c1-13-4-2-3-9-7-6(8(11)12)10-5-14-7/h5,9H,2-4H2,1H3,(H,11,12). The summed E-state index contributed by atoms with van der Waals surface area (Å²) in [6.07, 6.45) is 3.08. The lowest BCUT2D eigenvalue weighted by molar-refractivity contribution is 0.0692. The number of aromatic carboxylic acids is 1. The first-order valence-electron chi connectivity index (χ1n) is 4.15. The number of aromatic nitrogens is 1. The molecule has 1 heterocycles. The first kappa shape index (κ1) is 11.3. The molecular weight excluding hydrogens is 220 g/mol. The molecule has 1 aromatic heterocycles. The molecule has 4 nitrogen and oxygen atoms in total. The van der Waals surface area contributed by atoms with E-state index in [1.54, 1.807) is 17.3 Å². The Hall–Kier alpha value is -0.750. The molecular formula is C8H12N2O2S2. The summed E-state index contributed by atoms with van der Waals surface area (Å²) in [4.78, 5) is 14.4. The van der Waals surface area contributed by atoms with E-state index >= 15 is 0 Å². The number of carbonyl (C=O) groups is 1. The van der Waals surface area contributed by atoms with Crippen LogP contribution >= 0.6 is 23.1 Å². The van der Waals surface area contributed by atoms with Crippen molar-refractivity contribution in [3.63, 3.8) is 0 Å². The molecule has 0 aliphatic rings. The van der Waals surface area contributed by atoms with Gasteiger partial charge in [-0.1, -0.05) is 0 Å². The smallest absolute Gasteiger partial charge is 0.357 e. The maximum Gasteiger partial charge on any atom is 0.357 e. The lowest BCUT2D eigenvalue weighted by Gasteiger charge is -2.02. The van der Waals surface area contributed by atoms with Crippen molar-refractivity contribution in [3.05, 3.63) is 11.2 Å². The Bertz CT molecular complexity index is 301. The van der Waals surface area contributed by atoms with Crippen LogP contribution in [-0.4, -0.2) is 34.6 Å². The number of thiazole rings is 1. The van der Waals surface area contributed by atoms with Crippen LogP contribution in [-0.2, 0) is 0 Å². The fraction of sp³-hybridized carbons (Fsp3) is 0.500. The summed E-state index contributed by atoms with van der Waals surface area (Å²) in [5, 5.41) is 12.5. The molecule has 0 fully saturated rings. The van der Waals surface area contributed by atoms with Crippen LogP contribution in [0.5, 0.6) is 0 Å². The number of nitrogens with zero attached hydrogens (tertiary/aromatic N) is 1. The zero-order chi connectivity index (χ0) is 10.4. The van der Waals surface area contributed by atoms with Crippen LogP contribution in [0.15, 0.2) is 5.51 Å². The first-order chi connectivity index (χ1) is 6.75. The summed E-state index contributed by atoms with van der Waals surface area (Å²) < 4.78 is 0. The number of carboxylic acids is 1. The Balaban J connectivity index is 2.42. The van der Waals surface area contributed by atoms with E-state index in [9.17, 15) is 4.79 Å². The fourth-order valence-electron chi connectivity index (χ4n) is 0.942. The van der Waals surface area contributed by atoms with Gasteiger partial charge in [-0.05, 0) is 18.4 Å². The zero-order valence-electron chi connectivity index (χ0n) is 7.82. The third-order valence-electron chi connectivity index (χ3n) is 1.58. The molecule has 0 aliphatic heterocycles. The summed E-state index contributed by atoms with van der Waals surface area (Å²) in [6, 6.07) is 0. The predicted molar refractivity (Wildman–Crippen MR) is 60.6 cm³/mol. The summed E-state index contributed by atoms with van der Waals surface area (Å²) in [5.41, 5.74) is 1.67. The molecule has 0 saturated carbocycles. The number of rotatable bonds is 6. The van der Waals surface area contributed by atoms with Crippen molar-refractivity contribution in [2.45, 2.75) is 6.42 Å². The molecule has 0 amide bonds. The van der Waals surface area contributed by atoms with Gasteiger partial charge in [-0.3, -0.25) is 0 Å². The van der Waals surface area contributed by atoms with Crippen LogP contribution in [0.1, 0.15) is 16.9 Å². The van der Waals surface area contributed by atoms with Gasteiger partial charge in [0, 0.05) is 6.54 Å². The van der Waals surface area contributed by atoms with E-state index in [4.69, 9.17) is 5.11 Å². The molecule has 0 bridgehead atoms. The van der Waals surface area contributed by atoms with Crippen LogP contribution in [0.2, 0.25) is 0 Å². The second-order valence-corrected chi connectivity index (χ2v) is 4.45. The Labute approximate surface area is 90.7 Å². The number of anilines is 1. The lowest BCUT2D eigenvalue weighted by Crippen LogP contribution is -2.06. The van der Waals surface area contributed by atoms with Crippen LogP contribution < -0.4 is 5.32 Å². The monoisotopic (exact) mass is 232 g/mol. The van der Waals surface area contributed by atoms with Gasteiger partial charge >= 0.3 is 5.97 Å². The Kier molecular flexibility index (Phi) is 4.75. The van der Waals surface area contributed by atoms with Crippen molar-refractivity contribution < 1.29 is 9.90 Å². The summed E-state index contributed by atoms with van der Waals surface area (Å²) in [7, 11) is 0. The topological polar surface area (TPSA) is 62.2 Å². The van der Waals surface area contributed by atoms with Gasteiger partial charge in [0.15, 0.2) is 5.69 Å². The molecule has 0 saturated heterocycles. The van der Waals surface area contributed by atoms with Gasteiger partial charge in [0.1, 0.15) is 5.00 Å². The maximum atomic E-state index is 10.7. The summed E-state index contributed by atoms with van der Waals surface area (Å²) in [6.45, 7) is 0.795. The molecule has 6 heteroatoms. The SMILES string of the molecule is CSCCCNc1scnc1C(=O)O. The minimum absolute atomic E-state index is 0.124. The second kappa shape index (κ2) is 5.87. The molecule has 0 spiro atoms. The molecule has 2 N–H and O–H groups in total. The number of hydrogen-bond acceptors (Lipinski definition) is 5. The Morgan fingerprint density at radius 2 is 2.57 bits per heavy atom. The van der Waals surface area contributed by atoms with Crippen LogP contribution in [0, 0.1) is 0 Å². The predicted octanol–water partition coefficient (Wildman–Crippen LogP) is 2.01. The van der Waals surface area contributed by atoms with Gasteiger partial charge in [0.25, 0.3) is 0 Å². The van der Waals surface area contributed by atoms with E-state index in [2.05, 4.69) is 16.6 Å². The van der Waals surface area contributed by atoms with E-state index in [1.807, 2.05) is 0 Å². The Morgan fingerprint density at radius 3 is 3.21 bits per heavy atom. The van der Waals surface area contributed by atoms with E-state index in [0.717, 1.165) is 18.7 Å². The van der Waals surface area contributed by atoms with Gasteiger partial charge in [-0.2, -0.15) is 11.8 Å². The molecule has 0 radical (unpaired) electrons. The largest absolute Gasteiger partial charge is 0.476 e. The third-order valence-corrected chi connectivity index (χ3v) is 3.06. The number of carboxylic acid groups (broad SMARTS) is 1. The average Bonchev–Trinajstić information content (AvgIpc) is 2.60. The molecule has 1 aromatic rings. The van der Waals surface area contributed by atoms with Crippen LogP contribution in [0.25, 0.3) is 0 Å². The molecule has 0 atom stereocenters. The lowest BCUT2D eigenvalue weighted by atomic mass is 10.4. The molecule has 0 unspecified atom stereocenters. The summed E-state index contributed by atoms with van der Waals surface area (Å²) >= 11 is 3.11. The molecule has 1 rings (SSSR count). The zero-order valence-corrected chi connectivity index (χ0v) is 9.45. The van der Waals surface area contributed by atoms with Crippen molar-refractivity contribution in [2.24, 2.45) is 0 Å². The van der Waals surface area contributed by atoms with Gasteiger partial charge < -0.3 is 10.4 Å². The third kappa shape index (κ3) is 3.19. The average molecular weight is 232 g/mol. The summed E-state index contributed by atoms with van der Waals surface area (Å²) in [5.74, 6) is 0.104.